The lowest BCUT2D eigenvalue weighted by Gasteiger charge is -2.30. The van der Waals surface area contributed by atoms with Gasteiger partial charge in [0.25, 0.3) is 0 Å². The molecule has 0 N–H and O–H groups in total. The first-order valence-electron chi connectivity index (χ1n) is 6.56. The molecule has 18 heavy (non-hydrogen) atoms. The van der Waals surface area contributed by atoms with Crippen LogP contribution in [-0.4, -0.2) is 22.4 Å². The van der Waals surface area contributed by atoms with Crippen molar-refractivity contribution in [2.24, 2.45) is 5.92 Å². The van der Waals surface area contributed by atoms with E-state index in [2.05, 4.69) is 0 Å². The Kier molecular flexibility index (Phi) is 3.20. The summed E-state index contributed by atoms with van der Waals surface area (Å²) in [5, 5.41) is 0. The summed E-state index contributed by atoms with van der Waals surface area (Å²) >= 11 is 0. The van der Waals surface area contributed by atoms with Gasteiger partial charge in [-0.2, -0.15) is 0 Å². The van der Waals surface area contributed by atoms with E-state index in [9.17, 15) is 9.00 Å². The second-order valence-corrected chi connectivity index (χ2v) is 6.53. The first-order chi connectivity index (χ1) is 8.77. The lowest BCUT2D eigenvalue weighted by atomic mass is 10.1. The number of fused-ring (bicyclic) bond motifs is 1. The van der Waals surface area contributed by atoms with E-state index in [1.807, 2.05) is 29.2 Å². The van der Waals surface area contributed by atoms with Gasteiger partial charge >= 0.3 is 0 Å². The Balaban J connectivity index is 1.92. The molecule has 1 aromatic carbocycles. The number of para-hydroxylation sites is 1. The standard InChI is InChI=1S/C14H17NO2S/c16-14(11-5-1-2-6-11)15-9-10-18(17)13-8-4-3-7-12(13)15/h3-4,7-8,11H,1-2,5-6,9-10H2. The zero-order valence-corrected chi connectivity index (χ0v) is 11.1. The third-order valence-corrected chi connectivity index (χ3v) is 5.26. The maximum atomic E-state index is 12.5. The fourth-order valence-corrected chi connectivity index (χ4v) is 4.11. The molecule has 0 bridgehead atoms. The molecule has 1 saturated carbocycles. The zero-order chi connectivity index (χ0) is 12.5. The molecular weight excluding hydrogens is 246 g/mol. The van der Waals surface area contributed by atoms with Crippen LogP contribution < -0.4 is 4.90 Å². The van der Waals surface area contributed by atoms with Gasteiger partial charge in [0.1, 0.15) is 0 Å². The minimum absolute atomic E-state index is 0.185. The number of hydrogen-bond donors (Lipinski definition) is 0. The maximum absolute atomic E-state index is 12.5. The fourth-order valence-electron chi connectivity index (χ4n) is 2.90. The van der Waals surface area contributed by atoms with Crippen molar-refractivity contribution in [1.82, 2.24) is 0 Å². The van der Waals surface area contributed by atoms with Gasteiger partial charge in [0.2, 0.25) is 5.91 Å². The third kappa shape index (κ3) is 1.99. The quantitative estimate of drug-likeness (QED) is 0.780. The summed E-state index contributed by atoms with van der Waals surface area (Å²) in [6, 6.07) is 7.59. The molecule has 0 aromatic heterocycles. The molecule has 3 nitrogen and oxygen atoms in total. The van der Waals surface area contributed by atoms with Crippen molar-refractivity contribution in [3.05, 3.63) is 24.3 Å². The number of carbonyl (C=O) groups excluding carboxylic acids is 1. The summed E-state index contributed by atoms with van der Waals surface area (Å²) in [6.45, 7) is 0.596. The zero-order valence-electron chi connectivity index (χ0n) is 10.3. The van der Waals surface area contributed by atoms with E-state index in [0.717, 1.165) is 36.3 Å². The summed E-state index contributed by atoms with van der Waals surface area (Å²) in [7, 11) is -0.948. The molecule has 1 aromatic rings. The number of benzene rings is 1. The van der Waals surface area contributed by atoms with E-state index in [0.29, 0.717) is 12.3 Å². The number of anilines is 1. The van der Waals surface area contributed by atoms with Crippen LogP contribution in [0.5, 0.6) is 0 Å². The minimum atomic E-state index is -0.948. The normalized spacial score (nSPS) is 24.0. The third-order valence-electron chi connectivity index (χ3n) is 3.87. The van der Waals surface area contributed by atoms with E-state index in [1.165, 1.54) is 0 Å². The number of hydrogen-bond acceptors (Lipinski definition) is 2. The van der Waals surface area contributed by atoms with Gasteiger partial charge < -0.3 is 4.90 Å². The smallest absolute Gasteiger partial charge is 0.230 e. The van der Waals surface area contributed by atoms with Crippen LogP contribution in [0.15, 0.2) is 29.2 Å². The van der Waals surface area contributed by atoms with E-state index in [-0.39, 0.29) is 11.8 Å². The Morgan fingerprint density at radius 3 is 2.72 bits per heavy atom. The molecule has 1 aliphatic carbocycles. The highest BCUT2D eigenvalue weighted by molar-refractivity contribution is 7.85. The van der Waals surface area contributed by atoms with Crippen LogP contribution in [0.2, 0.25) is 0 Å². The van der Waals surface area contributed by atoms with Crippen molar-refractivity contribution in [2.75, 3.05) is 17.2 Å². The van der Waals surface area contributed by atoms with Gasteiger partial charge in [-0.1, -0.05) is 25.0 Å². The van der Waals surface area contributed by atoms with E-state index in [1.54, 1.807) is 0 Å². The van der Waals surface area contributed by atoms with Gasteiger partial charge in [0.05, 0.1) is 21.4 Å². The first-order valence-corrected chi connectivity index (χ1v) is 7.88. The molecule has 1 fully saturated rings. The largest absolute Gasteiger partial charge is 0.310 e. The van der Waals surface area contributed by atoms with E-state index >= 15 is 0 Å². The highest BCUT2D eigenvalue weighted by atomic mass is 32.2. The monoisotopic (exact) mass is 263 g/mol. The van der Waals surface area contributed by atoms with Gasteiger partial charge in [0.15, 0.2) is 0 Å². The number of amides is 1. The molecule has 1 unspecified atom stereocenters. The SMILES string of the molecule is O=C(C1CCCC1)N1CCS(=O)c2ccccc21. The van der Waals surface area contributed by atoms with Crippen molar-refractivity contribution in [3.8, 4) is 0 Å². The average molecular weight is 263 g/mol. The van der Waals surface area contributed by atoms with Gasteiger partial charge in [-0.3, -0.25) is 9.00 Å². The molecule has 96 valence electrons. The Hall–Kier alpha value is -1.16. The van der Waals surface area contributed by atoms with Gasteiger partial charge in [-0.25, -0.2) is 0 Å². The molecule has 0 spiro atoms. The molecule has 0 radical (unpaired) electrons. The second kappa shape index (κ2) is 4.84. The number of carbonyl (C=O) groups is 1. The van der Waals surface area contributed by atoms with Crippen LogP contribution in [0.3, 0.4) is 0 Å². The maximum Gasteiger partial charge on any atom is 0.230 e. The summed E-state index contributed by atoms with van der Waals surface area (Å²) < 4.78 is 11.9. The van der Waals surface area contributed by atoms with E-state index < -0.39 is 10.8 Å². The van der Waals surface area contributed by atoms with Crippen LogP contribution >= 0.6 is 0 Å². The highest BCUT2D eigenvalue weighted by Crippen LogP contribution is 2.33. The molecule has 0 saturated heterocycles. The first kappa shape index (κ1) is 11.9. The van der Waals surface area contributed by atoms with Crippen LogP contribution in [0.1, 0.15) is 25.7 Å². The Morgan fingerprint density at radius 2 is 1.94 bits per heavy atom. The molecule has 1 atom stereocenters. The van der Waals surface area contributed by atoms with Crippen molar-refractivity contribution < 1.29 is 9.00 Å². The van der Waals surface area contributed by atoms with Crippen LogP contribution in [0.4, 0.5) is 5.69 Å². The van der Waals surface area contributed by atoms with Gasteiger partial charge in [0, 0.05) is 18.2 Å². The predicted octanol–water partition coefficient (Wildman–Crippen LogP) is 2.33. The van der Waals surface area contributed by atoms with Crippen molar-refractivity contribution in [2.45, 2.75) is 30.6 Å². The van der Waals surface area contributed by atoms with Crippen LogP contribution in [0.25, 0.3) is 0 Å². The topological polar surface area (TPSA) is 37.4 Å². The minimum Gasteiger partial charge on any atom is -0.310 e. The molecular formula is C14H17NO2S. The summed E-state index contributed by atoms with van der Waals surface area (Å²) in [5.41, 5.74) is 0.860. The Morgan fingerprint density at radius 1 is 1.22 bits per heavy atom. The van der Waals surface area contributed by atoms with Gasteiger partial charge in [-0.05, 0) is 25.0 Å². The predicted molar refractivity (Wildman–Crippen MR) is 72.0 cm³/mol. The van der Waals surface area contributed by atoms with E-state index in [4.69, 9.17) is 0 Å². The molecule has 3 rings (SSSR count). The number of rotatable bonds is 1. The molecule has 2 aliphatic rings. The molecule has 1 heterocycles. The molecule has 1 aliphatic heterocycles. The fraction of sp³-hybridized carbons (Fsp3) is 0.500. The molecule has 4 heteroatoms. The lowest BCUT2D eigenvalue weighted by Crippen LogP contribution is -2.41. The molecule has 1 amide bonds. The highest BCUT2D eigenvalue weighted by Gasteiger charge is 2.32. The summed E-state index contributed by atoms with van der Waals surface area (Å²) in [5.74, 6) is 0.983. The summed E-state index contributed by atoms with van der Waals surface area (Å²) in [6.07, 6.45) is 4.36. The van der Waals surface area contributed by atoms with Crippen molar-refractivity contribution >= 4 is 22.4 Å². The summed E-state index contributed by atoms with van der Waals surface area (Å²) in [4.78, 5) is 15.2. The van der Waals surface area contributed by atoms with Gasteiger partial charge in [-0.15, -0.1) is 0 Å². The van der Waals surface area contributed by atoms with Crippen molar-refractivity contribution in [1.29, 1.82) is 0 Å². The van der Waals surface area contributed by atoms with Crippen LogP contribution in [0, 0.1) is 5.92 Å². The average Bonchev–Trinajstić information content (AvgIpc) is 2.93. The lowest BCUT2D eigenvalue weighted by molar-refractivity contribution is -0.122. The Labute approximate surface area is 110 Å². The Bertz CT molecular complexity index is 494. The second-order valence-electron chi connectivity index (χ2n) is 4.99. The van der Waals surface area contributed by atoms with Crippen LogP contribution in [-0.2, 0) is 15.6 Å². The van der Waals surface area contributed by atoms with Crippen molar-refractivity contribution in [3.63, 3.8) is 0 Å². The number of nitrogens with zero attached hydrogens (tertiary/aromatic N) is 1.